The van der Waals surface area contributed by atoms with Crippen molar-refractivity contribution in [3.8, 4) is 0 Å². The highest BCUT2D eigenvalue weighted by Crippen LogP contribution is 2.24. The van der Waals surface area contributed by atoms with Crippen LogP contribution < -0.4 is 5.73 Å². The number of rotatable bonds is 2. The number of nitrogen functional groups attached to an aromatic ring is 1. The largest absolute Gasteiger partial charge is 0.480 e. The maximum atomic E-state index is 12.6. The number of halogens is 1. The summed E-state index contributed by atoms with van der Waals surface area (Å²) in [4.78, 5) is 25.4. The van der Waals surface area contributed by atoms with Gasteiger partial charge in [-0.1, -0.05) is 28.8 Å². The monoisotopic (exact) mass is 340 g/mol. The Labute approximate surface area is 125 Å². The standard InChI is InChI=1S/C14H17BrN2O3/c15-9-5-6-10(11(16)8-9)13(18)17-7-3-1-2-4-12(17)14(19)20/h5-6,8,12H,1-4,7,16H2,(H,19,20). The van der Waals surface area contributed by atoms with Crippen LogP contribution in [-0.2, 0) is 4.79 Å². The lowest BCUT2D eigenvalue weighted by Crippen LogP contribution is -2.44. The van der Waals surface area contributed by atoms with Crippen molar-refractivity contribution >= 4 is 33.5 Å². The summed E-state index contributed by atoms with van der Waals surface area (Å²) in [6, 6.07) is 4.26. The number of hydrogen-bond acceptors (Lipinski definition) is 3. The molecule has 6 heteroatoms. The SMILES string of the molecule is Nc1cc(Br)ccc1C(=O)N1CCCCCC1C(=O)O. The highest BCUT2D eigenvalue weighted by atomic mass is 79.9. The van der Waals surface area contributed by atoms with Gasteiger partial charge < -0.3 is 15.7 Å². The lowest BCUT2D eigenvalue weighted by molar-refractivity contribution is -0.142. The van der Waals surface area contributed by atoms with Crippen LogP contribution >= 0.6 is 15.9 Å². The number of carbonyl (C=O) groups excluding carboxylic acids is 1. The Morgan fingerprint density at radius 1 is 1.30 bits per heavy atom. The van der Waals surface area contributed by atoms with Crippen LogP contribution in [0.5, 0.6) is 0 Å². The van der Waals surface area contributed by atoms with E-state index in [4.69, 9.17) is 5.73 Å². The van der Waals surface area contributed by atoms with Gasteiger partial charge in [0.25, 0.3) is 5.91 Å². The van der Waals surface area contributed by atoms with Crippen LogP contribution in [0.4, 0.5) is 5.69 Å². The fourth-order valence-corrected chi connectivity index (χ4v) is 2.87. The van der Waals surface area contributed by atoms with E-state index in [1.165, 1.54) is 4.90 Å². The molecule has 1 aliphatic heterocycles. The number of benzene rings is 1. The van der Waals surface area contributed by atoms with Crippen molar-refractivity contribution < 1.29 is 14.7 Å². The average Bonchev–Trinajstić information content (AvgIpc) is 2.63. The van der Waals surface area contributed by atoms with E-state index in [0.717, 1.165) is 23.7 Å². The Morgan fingerprint density at radius 3 is 2.70 bits per heavy atom. The van der Waals surface area contributed by atoms with Gasteiger partial charge in [0.05, 0.1) is 5.56 Å². The second-order valence-corrected chi connectivity index (χ2v) is 5.85. The van der Waals surface area contributed by atoms with Crippen LogP contribution in [-0.4, -0.2) is 34.5 Å². The minimum atomic E-state index is -0.948. The van der Waals surface area contributed by atoms with E-state index in [1.54, 1.807) is 18.2 Å². The zero-order chi connectivity index (χ0) is 14.7. The van der Waals surface area contributed by atoms with Crippen molar-refractivity contribution in [1.82, 2.24) is 4.90 Å². The molecule has 1 saturated heterocycles. The summed E-state index contributed by atoms with van der Waals surface area (Å²) in [6.07, 6.45) is 3.10. The van der Waals surface area contributed by atoms with Crippen LogP contribution in [0.25, 0.3) is 0 Å². The van der Waals surface area contributed by atoms with Gasteiger partial charge in [0.1, 0.15) is 6.04 Å². The zero-order valence-corrected chi connectivity index (χ0v) is 12.6. The number of carboxylic acid groups (broad SMARTS) is 1. The maximum Gasteiger partial charge on any atom is 0.326 e. The van der Waals surface area contributed by atoms with Gasteiger partial charge in [0.2, 0.25) is 0 Å². The quantitative estimate of drug-likeness (QED) is 0.810. The first-order valence-electron chi connectivity index (χ1n) is 6.59. The molecule has 3 N–H and O–H groups in total. The van der Waals surface area contributed by atoms with Crippen molar-refractivity contribution in [2.24, 2.45) is 0 Å². The maximum absolute atomic E-state index is 12.6. The van der Waals surface area contributed by atoms with Gasteiger partial charge in [-0.3, -0.25) is 4.79 Å². The first kappa shape index (κ1) is 14.8. The van der Waals surface area contributed by atoms with E-state index >= 15 is 0 Å². The number of carbonyl (C=O) groups is 2. The molecule has 0 aliphatic carbocycles. The molecule has 20 heavy (non-hydrogen) atoms. The molecule has 2 rings (SSSR count). The molecule has 1 unspecified atom stereocenters. The zero-order valence-electron chi connectivity index (χ0n) is 11.0. The van der Waals surface area contributed by atoms with Crippen LogP contribution in [0.3, 0.4) is 0 Å². The molecule has 1 fully saturated rings. The molecule has 0 bridgehead atoms. The summed E-state index contributed by atoms with van der Waals surface area (Å²) in [7, 11) is 0. The molecule has 5 nitrogen and oxygen atoms in total. The molecule has 0 radical (unpaired) electrons. The summed E-state index contributed by atoms with van der Waals surface area (Å²) in [5.41, 5.74) is 6.59. The number of hydrogen-bond donors (Lipinski definition) is 2. The van der Waals surface area contributed by atoms with Crippen molar-refractivity contribution in [3.05, 3.63) is 28.2 Å². The fourth-order valence-electron chi connectivity index (χ4n) is 2.49. The molecular weight excluding hydrogens is 324 g/mol. The van der Waals surface area contributed by atoms with Crippen molar-refractivity contribution in [3.63, 3.8) is 0 Å². The number of nitrogens with zero attached hydrogens (tertiary/aromatic N) is 1. The van der Waals surface area contributed by atoms with E-state index < -0.39 is 12.0 Å². The predicted molar refractivity (Wildman–Crippen MR) is 79.5 cm³/mol. The topological polar surface area (TPSA) is 83.6 Å². The Morgan fingerprint density at radius 2 is 2.05 bits per heavy atom. The van der Waals surface area contributed by atoms with Crippen molar-refractivity contribution in [1.29, 1.82) is 0 Å². The molecular formula is C14H17BrN2O3. The number of nitrogens with two attached hydrogens (primary N) is 1. The number of likely N-dealkylation sites (tertiary alicyclic amines) is 1. The summed E-state index contributed by atoms with van der Waals surface area (Å²) < 4.78 is 0.789. The average molecular weight is 341 g/mol. The number of carboxylic acids is 1. The minimum absolute atomic E-state index is 0.302. The number of anilines is 1. The lowest BCUT2D eigenvalue weighted by Gasteiger charge is -2.27. The van der Waals surface area contributed by atoms with E-state index in [9.17, 15) is 14.7 Å². The molecule has 0 spiro atoms. The minimum Gasteiger partial charge on any atom is -0.480 e. The Bertz CT molecular complexity index is 533. The van der Waals surface area contributed by atoms with Crippen LogP contribution in [0.1, 0.15) is 36.0 Å². The molecule has 1 aromatic rings. The lowest BCUT2D eigenvalue weighted by atomic mass is 10.1. The second-order valence-electron chi connectivity index (χ2n) is 4.93. The molecule has 1 heterocycles. The summed E-state index contributed by atoms with van der Waals surface area (Å²) in [6.45, 7) is 0.464. The Hall–Kier alpha value is -1.56. The van der Waals surface area contributed by atoms with Crippen LogP contribution in [0, 0.1) is 0 Å². The number of aliphatic carboxylic acids is 1. The summed E-state index contributed by atoms with van der Waals surface area (Å²) in [5, 5.41) is 9.31. The Kier molecular flexibility index (Phi) is 4.65. The molecule has 108 valence electrons. The van der Waals surface area contributed by atoms with Gasteiger partial charge in [-0.05, 0) is 31.0 Å². The van der Waals surface area contributed by atoms with Crippen molar-refractivity contribution in [2.75, 3.05) is 12.3 Å². The molecule has 0 saturated carbocycles. The normalized spacial score (nSPS) is 19.4. The Balaban J connectivity index is 2.31. The van der Waals surface area contributed by atoms with Gasteiger partial charge in [-0.2, -0.15) is 0 Å². The molecule has 1 amide bonds. The van der Waals surface area contributed by atoms with Gasteiger partial charge in [0, 0.05) is 16.7 Å². The number of amides is 1. The van der Waals surface area contributed by atoms with E-state index in [2.05, 4.69) is 15.9 Å². The van der Waals surface area contributed by atoms with Crippen LogP contribution in [0.15, 0.2) is 22.7 Å². The highest BCUT2D eigenvalue weighted by molar-refractivity contribution is 9.10. The van der Waals surface area contributed by atoms with E-state index in [1.807, 2.05) is 0 Å². The predicted octanol–water partition coefficient (Wildman–Crippen LogP) is 2.50. The summed E-state index contributed by atoms with van der Waals surface area (Å²) >= 11 is 3.29. The van der Waals surface area contributed by atoms with Gasteiger partial charge >= 0.3 is 5.97 Å². The molecule has 1 atom stereocenters. The third kappa shape index (κ3) is 3.12. The third-order valence-electron chi connectivity index (χ3n) is 3.54. The van der Waals surface area contributed by atoms with E-state index in [0.29, 0.717) is 24.2 Å². The smallest absolute Gasteiger partial charge is 0.326 e. The second kappa shape index (κ2) is 6.26. The first-order valence-corrected chi connectivity index (χ1v) is 7.39. The highest BCUT2D eigenvalue weighted by Gasteiger charge is 2.31. The molecule has 1 aromatic carbocycles. The van der Waals surface area contributed by atoms with E-state index in [-0.39, 0.29) is 5.91 Å². The molecule has 1 aliphatic rings. The van der Waals surface area contributed by atoms with Gasteiger partial charge in [-0.15, -0.1) is 0 Å². The third-order valence-corrected chi connectivity index (χ3v) is 4.04. The first-order chi connectivity index (χ1) is 9.50. The van der Waals surface area contributed by atoms with Gasteiger partial charge in [0.15, 0.2) is 0 Å². The fraction of sp³-hybridized carbons (Fsp3) is 0.429. The molecule has 0 aromatic heterocycles. The van der Waals surface area contributed by atoms with Gasteiger partial charge in [-0.25, -0.2) is 4.79 Å². The van der Waals surface area contributed by atoms with Crippen LogP contribution in [0.2, 0.25) is 0 Å². The summed E-state index contributed by atoms with van der Waals surface area (Å²) in [5.74, 6) is -1.25. The van der Waals surface area contributed by atoms with Crippen molar-refractivity contribution in [2.45, 2.75) is 31.7 Å².